The fraction of sp³-hybridized carbons (Fsp3) is 0.375. The van der Waals surface area contributed by atoms with Gasteiger partial charge in [-0.3, -0.25) is 9.97 Å². The molecule has 0 aromatic carbocycles. The molecule has 0 spiro atoms. The summed E-state index contributed by atoms with van der Waals surface area (Å²) >= 11 is 0. The predicted octanol–water partition coefficient (Wildman–Crippen LogP) is 3.83. The minimum atomic E-state index is -2.54. The maximum atomic E-state index is 12.5. The van der Waals surface area contributed by atoms with Gasteiger partial charge in [-0.05, 0) is 31.5 Å². The zero-order valence-corrected chi connectivity index (χ0v) is 12.8. The van der Waals surface area contributed by atoms with Gasteiger partial charge >= 0.3 is 0 Å². The SMILES string of the molecule is COc1cnccc1C(C)NC(C)c1ccc(C(F)F)nc1. The molecule has 1 N–H and O–H groups in total. The number of halogens is 2. The van der Waals surface area contributed by atoms with Gasteiger partial charge in [0.2, 0.25) is 0 Å². The maximum Gasteiger partial charge on any atom is 0.280 e. The molecule has 0 fully saturated rings. The molecule has 0 aliphatic carbocycles. The van der Waals surface area contributed by atoms with Crippen LogP contribution in [0.25, 0.3) is 0 Å². The molecule has 0 radical (unpaired) electrons. The fourth-order valence-electron chi connectivity index (χ4n) is 2.28. The van der Waals surface area contributed by atoms with E-state index in [0.717, 1.165) is 11.1 Å². The molecule has 2 unspecified atom stereocenters. The first kappa shape index (κ1) is 16.3. The number of hydrogen-bond donors (Lipinski definition) is 1. The molecule has 4 nitrogen and oxygen atoms in total. The predicted molar refractivity (Wildman–Crippen MR) is 79.9 cm³/mol. The highest BCUT2D eigenvalue weighted by molar-refractivity contribution is 5.32. The molecule has 22 heavy (non-hydrogen) atoms. The van der Waals surface area contributed by atoms with Gasteiger partial charge in [0.1, 0.15) is 11.4 Å². The van der Waals surface area contributed by atoms with Crippen LogP contribution in [0.1, 0.15) is 49.2 Å². The van der Waals surface area contributed by atoms with Crippen molar-refractivity contribution < 1.29 is 13.5 Å². The number of nitrogens with zero attached hydrogens (tertiary/aromatic N) is 2. The Balaban J connectivity index is 2.09. The monoisotopic (exact) mass is 307 g/mol. The van der Waals surface area contributed by atoms with Gasteiger partial charge in [-0.25, -0.2) is 8.78 Å². The lowest BCUT2D eigenvalue weighted by atomic mass is 10.1. The van der Waals surface area contributed by atoms with E-state index in [1.54, 1.807) is 25.6 Å². The lowest BCUT2D eigenvalue weighted by Gasteiger charge is -2.22. The van der Waals surface area contributed by atoms with Crippen LogP contribution < -0.4 is 10.1 Å². The Morgan fingerprint density at radius 3 is 2.45 bits per heavy atom. The van der Waals surface area contributed by atoms with E-state index >= 15 is 0 Å². The number of ether oxygens (including phenoxy) is 1. The van der Waals surface area contributed by atoms with E-state index in [2.05, 4.69) is 15.3 Å². The summed E-state index contributed by atoms with van der Waals surface area (Å²) in [7, 11) is 1.60. The highest BCUT2D eigenvalue weighted by Crippen LogP contribution is 2.26. The number of alkyl halides is 2. The summed E-state index contributed by atoms with van der Waals surface area (Å²) in [4.78, 5) is 7.82. The molecular weight excluding hydrogens is 288 g/mol. The van der Waals surface area contributed by atoms with Crippen LogP contribution in [-0.2, 0) is 0 Å². The van der Waals surface area contributed by atoms with E-state index in [0.29, 0.717) is 5.75 Å². The molecule has 6 heteroatoms. The molecule has 2 heterocycles. The third-order valence-corrected chi connectivity index (χ3v) is 3.54. The average molecular weight is 307 g/mol. The summed E-state index contributed by atoms with van der Waals surface area (Å²) in [5, 5.41) is 3.40. The number of rotatable bonds is 6. The van der Waals surface area contributed by atoms with Crippen molar-refractivity contribution in [3.05, 3.63) is 53.6 Å². The van der Waals surface area contributed by atoms with E-state index < -0.39 is 6.43 Å². The second kappa shape index (κ2) is 7.26. The van der Waals surface area contributed by atoms with Crippen LogP contribution >= 0.6 is 0 Å². The molecule has 0 aliphatic rings. The van der Waals surface area contributed by atoms with Crippen molar-refractivity contribution in [2.75, 3.05) is 7.11 Å². The summed E-state index contributed by atoms with van der Waals surface area (Å²) in [6.07, 6.45) is 2.31. The molecule has 2 aromatic rings. The smallest absolute Gasteiger partial charge is 0.280 e. The van der Waals surface area contributed by atoms with Crippen molar-refractivity contribution >= 4 is 0 Å². The lowest BCUT2D eigenvalue weighted by Crippen LogP contribution is -2.23. The van der Waals surface area contributed by atoms with Gasteiger partial charge in [-0.1, -0.05) is 6.07 Å². The van der Waals surface area contributed by atoms with E-state index in [1.807, 2.05) is 19.9 Å². The van der Waals surface area contributed by atoms with Crippen molar-refractivity contribution in [2.24, 2.45) is 0 Å². The van der Waals surface area contributed by atoms with E-state index in [9.17, 15) is 8.78 Å². The first-order valence-electron chi connectivity index (χ1n) is 7.01. The Morgan fingerprint density at radius 2 is 1.86 bits per heavy atom. The minimum Gasteiger partial charge on any atom is -0.495 e. The molecule has 0 bridgehead atoms. The third-order valence-electron chi connectivity index (χ3n) is 3.54. The summed E-state index contributed by atoms with van der Waals surface area (Å²) in [6.45, 7) is 3.97. The second-order valence-electron chi connectivity index (χ2n) is 5.04. The quantitative estimate of drug-likeness (QED) is 0.881. The number of hydrogen-bond acceptors (Lipinski definition) is 4. The maximum absolute atomic E-state index is 12.5. The first-order chi connectivity index (χ1) is 10.5. The van der Waals surface area contributed by atoms with Crippen LogP contribution in [0.3, 0.4) is 0 Å². The third kappa shape index (κ3) is 3.76. The summed E-state index contributed by atoms with van der Waals surface area (Å²) in [5.74, 6) is 0.709. The molecule has 118 valence electrons. The largest absolute Gasteiger partial charge is 0.495 e. The summed E-state index contributed by atoms with van der Waals surface area (Å²) in [5.41, 5.74) is 1.63. The molecule has 0 saturated carbocycles. The van der Waals surface area contributed by atoms with Gasteiger partial charge in [0.15, 0.2) is 0 Å². The molecule has 2 atom stereocenters. The van der Waals surface area contributed by atoms with Crippen LogP contribution in [0.5, 0.6) is 5.75 Å². The summed E-state index contributed by atoms with van der Waals surface area (Å²) < 4.78 is 30.3. The topological polar surface area (TPSA) is 47.0 Å². The minimum absolute atomic E-state index is 0.0164. The Morgan fingerprint density at radius 1 is 1.09 bits per heavy atom. The molecule has 0 saturated heterocycles. The van der Waals surface area contributed by atoms with Gasteiger partial charge in [0, 0.05) is 30.0 Å². The van der Waals surface area contributed by atoms with Crippen molar-refractivity contribution in [3.63, 3.8) is 0 Å². The number of nitrogens with one attached hydrogen (secondary N) is 1. The van der Waals surface area contributed by atoms with E-state index in [4.69, 9.17) is 4.74 Å². The number of methoxy groups -OCH3 is 1. The lowest BCUT2D eigenvalue weighted by molar-refractivity contribution is 0.146. The Labute approximate surface area is 128 Å². The molecule has 2 rings (SSSR count). The highest BCUT2D eigenvalue weighted by atomic mass is 19.3. The molecular formula is C16H19F2N3O. The zero-order chi connectivity index (χ0) is 16.1. The Kier molecular flexibility index (Phi) is 5.38. The van der Waals surface area contributed by atoms with Crippen molar-refractivity contribution in [1.29, 1.82) is 0 Å². The highest BCUT2D eigenvalue weighted by Gasteiger charge is 2.16. The van der Waals surface area contributed by atoms with Gasteiger partial charge < -0.3 is 10.1 Å². The standard InChI is InChI=1S/C16H19F2N3O/c1-10(12-4-5-14(16(17)18)20-8-12)21-11(2)13-6-7-19-9-15(13)22-3/h4-11,16,21H,1-3H3. The van der Waals surface area contributed by atoms with Gasteiger partial charge in [-0.2, -0.15) is 0 Å². The first-order valence-corrected chi connectivity index (χ1v) is 7.01. The van der Waals surface area contributed by atoms with Crippen molar-refractivity contribution in [1.82, 2.24) is 15.3 Å². The van der Waals surface area contributed by atoms with Gasteiger partial charge in [0.05, 0.1) is 13.3 Å². The Bertz CT molecular complexity index is 605. The molecule has 0 amide bonds. The van der Waals surface area contributed by atoms with Crippen LogP contribution in [-0.4, -0.2) is 17.1 Å². The zero-order valence-electron chi connectivity index (χ0n) is 12.8. The fourth-order valence-corrected chi connectivity index (χ4v) is 2.28. The number of aromatic nitrogens is 2. The van der Waals surface area contributed by atoms with E-state index in [-0.39, 0.29) is 17.8 Å². The van der Waals surface area contributed by atoms with Crippen LogP contribution in [0.15, 0.2) is 36.8 Å². The average Bonchev–Trinajstić information content (AvgIpc) is 2.54. The van der Waals surface area contributed by atoms with Gasteiger partial charge in [0.25, 0.3) is 6.43 Å². The van der Waals surface area contributed by atoms with Crippen LogP contribution in [0.4, 0.5) is 8.78 Å². The molecule has 2 aromatic heterocycles. The van der Waals surface area contributed by atoms with E-state index in [1.165, 1.54) is 12.3 Å². The van der Waals surface area contributed by atoms with Gasteiger partial charge in [-0.15, -0.1) is 0 Å². The second-order valence-corrected chi connectivity index (χ2v) is 5.04. The number of pyridine rings is 2. The van der Waals surface area contributed by atoms with Crippen molar-refractivity contribution in [3.8, 4) is 5.75 Å². The normalized spacial score (nSPS) is 13.9. The molecule has 0 aliphatic heterocycles. The Hall–Kier alpha value is -2.08. The summed E-state index contributed by atoms with van der Waals surface area (Å²) in [6, 6.07) is 4.90. The van der Waals surface area contributed by atoms with Crippen molar-refractivity contribution in [2.45, 2.75) is 32.4 Å². The van der Waals surface area contributed by atoms with Crippen LogP contribution in [0.2, 0.25) is 0 Å². The van der Waals surface area contributed by atoms with Crippen LogP contribution in [0, 0.1) is 0 Å².